The standard InChI is InChI=1S/C17H27N3O3S2/c1-12(2)17(4,11-18)19-14(21)9-23-15(22)10-25-16(24)20-7-5-13(3)6-8-20/h12-13H,5-10H2,1-4H3,(H,19,21)/t17-/m0/s1. The van der Waals surface area contributed by atoms with Crippen LogP contribution in [-0.2, 0) is 14.3 Å². The van der Waals surface area contributed by atoms with E-state index in [9.17, 15) is 14.9 Å². The molecular formula is C17H27N3O3S2. The number of nitrogens with one attached hydrogen (secondary N) is 1. The van der Waals surface area contributed by atoms with Gasteiger partial charge in [-0.3, -0.25) is 9.59 Å². The topological polar surface area (TPSA) is 82.4 Å². The monoisotopic (exact) mass is 385 g/mol. The second-order valence-electron chi connectivity index (χ2n) is 6.90. The first-order valence-electron chi connectivity index (χ1n) is 8.47. The molecule has 0 spiro atoms. The van der Waals surface area contributed by atoms with Gasteiger partial charge in [-0.15, -0.1) is 0 Å². The molecule has 6 nitrogen and oxygen atoms in total. The first kappa shape index (κ1) is 21.7. The number of thioether (sulfide) groups is 1. The molecule has 1 fully saturated rings. The van der Waals surface area contributed by atoms with E-state index in [1.807, 2.05) is 13.8 Å². The fourth-order valence-corrected chi connectivity index (χ4v) is 3.27. The minimum Gasteiger partial charge on any atom is -0.455 e. The van der Waals surface area contributed by atoms with Gasteiger partial charge < -0.3 is 15.0 Å². The number of esters is 1. The number of thiocarbonyl (C=S) groups is 1. The third-order valence-corrected chi connectivity index (χ3v) is 6.00. The summed E-state index contributed by atoms with van der Waals surface area (Å²) in [5.41, 5.74) is -0.981. The third kappa shape index (κ3) is 7.20. The lowest BCUT2D eigenvalue weighted by atomic mass is 9.90. The number of carbonyl (C=O) groups excluding carboxylic acids is 2. The van der Waals surface area contributed by atoms with Crippen molar-refractivity contribution in [1.82, 2.24) is 10.2 Å². The number of likely N-dealkylation sites (tertiary alicyclic amines) is 1. The predicted octanol–water partition coefficient (Wildman–Crippen LogP) is 2.33. The van der Waals surface area contributed by atoms with Crippen molar-refractivity contribution in [2.45, 2.75) is 46.1 Å². The predicted molar refractivity (Wildman–Crippen MR) is 103 cm³/mol. The van der Waals surface area contributed by atoms with Gasteiger partial charge in [0, 0.05) is 13.1 Å². The molecule has 0 unspecified atom stereocenters. The van der Waals surface area contributed by atoms with Crippen LogP contribution in [0.2, 0.25) is 0 Å². The summed E-state index contributed by atoms with van der Waals surface area (Å²) in [6, 6.07) is 2.08. The Kier molecular flexibility index (Phi) is 8.66. The normalized spacial score (nSPS) is 17.5. The molecule has 0 aromatic rings. The van der Waals surface area contributed by atoms with E-state index in [1.54, 1.807) is 6.92 Å². The van der Waals surface area contributed by atoms with Crippen LogP contribution in [0.3, 0.4) is 0 Å². The molecule has 25 heavy (non-hydrogen) atoms. The number of amides is 1. The minimum atomic E-state index is -0.981. The van der Waals surface area contributed by atoms with Gasteiger partial charge in [-0.05, 0) is 31.6 Å². The fourth-order valence-electron chi connectivity index (χ4n) is 2.22. The van der Waals surface area contributed by atoms with Crippen molar-refractivity contribution in [2.24, 2.45) is 11.8 Å². The van der Waals surface area contributed by atoms with Crippen molar-refractivity contribution in [2.75, 3.05) is 25.4 Å². The Bertz CT molecular complexity index is 540. The van der Waals surface area contributed by atoms with Gasteiger partial charge >= 0.3 is 5.97 Å². The van der Waals surface area contributed by atoms with E-state index in [0.29, 0.717) is 4.32 Å². The molecule has 0 bridgehead atoms. The number of piperidine rings is 1. The Balaban J connectivity index is 2.29. The summed E-state index contributed by atoms with van der Waals surface area (Å²) < 4.78 is 5.67. The van der Waals surface area contributed by atoms with Crippen molar-refractivity contribution in [3.05, 3.63) is 0 Å². The molecule has 1 saturated heterocycles. The van der Waals surface area contributed by atoms with Gasteiger partial charge in [0.2, 0.25) is 0 Å². The lowest BCUT2D eigenvalue weighted by molar-refractivity contribution is -0.146. The number of ether oxygens (including phenoxy) is 1. The van der Waals surface area contributed by atoms with Crippen LogP contribution in [0.15, 0.2) is 0 Å². The summed E-state index contributed by atoms with van der Waals surface area (Å²) in [5, 5.41) is 11.8. The molecule has 0 aromatic carbocycles. The van der Waals surface area contributed by atoms with Crippen molar-refractivity contribution >= 4 is 40.2 Å². The molecule has 8 heteroatoms. The van der Waals surface area contributed by atoms with Crippen LogP contribution in [0.4, 0.5) is 0 Å². The zero-order valence-electron chi connectivity index (χ0n) is 15.3. The molecule has 1 aliphatic rings. The van der Waals surface area contributed by atoms with Gasteiger partial charge in [-0.25, -0.2) is 0 Å². The number of nitrogens with zero attached hydrogens (tertiary/aromatic N) is 2. The highest BCUT2D eigenvalue weighted by Gasteiger charge is 2.30. The minimum absolute atomic E-state index is 0.0580. The Morgan fingerprint density at radius 1 is 1.44 bits per heavy atom. The average Bonchev–Trinajstić information content (AvgIpc) is 2.58. The summed E-state index contributed by atoms with van der Waals surface area (Å²) in [4.78, 5) is 25.8. The lowest BCUT2D eigenvalue weighted by Gasteiger charge is -2.31. The molecule has 1 rings (SSSR count). The van der Waals surface area contributed by atoms with E-state index in [2.05, 4.69) is 23.2 Å². The Morgan fingerprint density at radius 2 is 2.04 bits per heavy atom. The molecule has 1 aliphatic heterocycles. The largest absolute Gasteiger partial charge is 0.455 e. The molecule has 0 radical (unpaired) electrons. The molecule has 140 valence electrons. The second-order valence-corrected chi connectivity index (χ2v) is 8.51. The quantitative estimate of drug-likeness (QED) is 0.555. The molecule has 1 N–H and O–H groups in total. The van der Waals surface area contributed by atoms with Gasteiger partial charge in [0.15, 0.2) is 6.61 Å². The highest BCUT2D eigenvalue weighted by atomic mass is 32.2. The van der Waals surface area contributed by atoms with Crippen LogP contribution >= 0.6 is 24.0 Å². The van der Waals surface area contributed by atoms with Crippen LogP contribution in [-0.4, -0.2) is 52.1 Å². The summed E-state index contributed by atoms with van der Waals surface area (Å²) in [7, 11) is 0. The second kappa shape index (κ2) is 9.97. The molecule has 1 heterocycles. The van der Waals surface area contributed by atoms with Crippen molar-refractivity contribution < 1.29 is 14.3 Å². The maximum atomic E-state index is 11.9. The first-order chi connectivity index (χ1) is 11.7. The lowest BCUT2D eigenvalue weighted by Crippen LogP contribution is -2.50. The van der Waals surface area contributed by atoms with Crippen molar-refractivity contribution in [1.29, 1.82) is 5.26 Å². The number of hydrogen-bond donors (Lipinski definition) is 1. The van der Waals surface area contributed by atoms with E-state index < -0.39 is 24.0 Å². The molecule has 1 atom stereocenters. The van der Waals surface area contributed by atoms with Crippen LogP contribution in [0.1, 0.15) is 40.5 Å². The number of hydrogen-bond acceptors (Lipinski definition) is 6. The maximum Gasteiger partial charge on any atom is 0.316 e. The smallest absolute Gasteiger partial charge is 0.316 e. The first-order valence-corrected chi connectivity index (χ1v) is 9.87. The van der Waals surface area contributed by atoms with Gasteiger partial charge in [0.05, 0.1) is 11.8 Å². The molecule has 0 aliphatic carbocycles. The Labute approximate surface area is 159 Å². The van der Waals surface area contributed by atoms with Crippen molar-refractivity contribution in [3.63, 3.8) is 0 Å². The van der Waals surface area contributed by atoms with E-state index in [4.69, 9.17) is 17.0 Å². The molecule has 0 saturated carbocycles. The van der Waals surface area contributed by atoms with Crippen LogP contribution in [0.5, 0.6) is 0 Å². The SMILES string of the molecule is CC1CCN(C(=S)SCC(=O)OCC(=O)N[C@@](C)(C#N)C(C)C)CC1. The summed E-state index contributed by atoms with van der Waals surface area (Å²) in [6.45, 7) is 9.01. The summed E-state index contributed by atoms with van der Waals surface area (Å²) in [5.74, 6) is -0.229. The average molecular weight is 386 g/mol. The van der Waals surface area contributed by atoms with E-state index in [1.165, 1.54) is 11.8 Å². The number of carbonyl (C=O) groups is 2. The highest BCUT2D eigenvalue weighted by Crippen LogP contribution is 2.20. The molecular weight excluding hydrogens is 358 g/mol. The van der Waals surface area contributed by atoms with E-state index in [-0.39, 0.29) is 11.7 Å². The maximum absolute atomic E-state index is 11.9. The third-order valence-electron chi connectivity index (χ3n) is 4.51. The van der Waals surface area contributed by atoms with E-state index >= 15 is 0 Å². The summed E-state index contributed by atoms with van der Waals surface area (Å²) >= 11 is 6.61. The molecule has 0 aromatic heterocycles. The fraction of sp³-hybridized carbons (Fsp3) is 0.765. The van der Waals surface area contributed by atoms with Gasteiger partial charge in [0.25, 0.3) is 5.91 Å². The number of nitriles is 1. The number of rotatable bonds is 6. The van der Waals surface area contributed by atoms with Crippen LogP contribution < -0.4 is 5.32 Å². The Morgan fingerprint density at radius 3 is 2.56 bits per heavy atom. The zero-order valence-corrected chi connectivity index (χ0v) is 17.0. The summed E-state index contributed by atoms with van der Waals surface area (Å²) in [6.07, 6.45) is 2.22. The zero-order chi connectivity index (χ0) is 19.0. The van der Waals surface area contributed by atoms with Crippen molar-refractivity contribution in [3.8, 4) is 6.07 Å². The van der Waals surface area contributed by atoms with Gasteiger partial charge in [-0.2, -0.15) is 5.26 Å². The van der Waals surface area contributed by atoms with Crippen LogP contribution in [0.25, 0.3) is 0 Å². The molecule has 1 amide bonds. The van der Waals surface area contributed by atoms with E-state index in [0.717, 1.165) is 31.8 Å². The Hall–Kier alpha value is -1.33. The highest BCUT2D eigenvalue weighted by molar-refractivity contribution is 8.23. The van der Waals surface area contributed by atoms with Gasteiger partial charge in [-0.1, -0.05) is 44.8 Å². The van der Waals surface area contributed by atoms with Gasteiger partial charge in [0.1, 0.15) is 9.86 Å². The van der Waals surface area contributed by atoms with Crippen LogP contribution in [0, 0.1) is 23.2 Å².